The van der Waals surface area contributed by atoms with Crippen molar-refractivity contribution in [2.24, 2.45) is 0 Å². The summed E-state index contributed by atoms with van der Waals surface area (Å²) in [7, 11) is 0. The number of hydrogen-bond donors (Lipinski definition) is 1. The number of anilines is 2. The van der Waals surface area contributed by atoms with Crippen LogP contribution < -0.4 is 5.32 Å². The third kappa shape index (κ3) is 3.42. The molecule has 1 aromatic heterocycles. The van der Waals surface area contributed by atoms with E-state index in [-0.39, 0.29) is 11.7 Å². The van der Waals surface area contributed by atoms with E-state index in [9.17, 15) is 4.39 Å². The third-order valence-corrected chi connectivity index (χ3v) is 3.30. The van der Waals surface area contributed by atoms with Crippen LogP contribution in [0, 0.1) is 5.82 Å². The van der Waals surface area contributed by atoms with Gasteiger partial charge in [-0.3, -0.25) is 0 Å². The lowest BCUT2D eigenvalue weighted by Gasteiger charge is -2.11. The van der Waals surface area contributed by atoms with E-state index in [0.29, 0.717) is 27.0 Å². The number of rotatable bonds is 3. The maximum Gasteiger partial charge on any atom is 0.147 e. The maximum absolute atomic E-state index is 13.7. The quantitative estimate of drug-likeness (QED) is 0.805. The molecule has 19 heavy (non-hydrogen) atoms. The molecular formula is C13H12BrClFN3. The largest absolute Gasteiger partial charge is 0.337 e. The molecule has 100 valence electrons. The minimum absolute atomic E-state index is 0.142. The number of hydrogen-bond acceptors (Lipinski definition) is 3. The van der Waals surface area contributed by atoms with E-state index >= 15 is 0 Å². The van der Waals surface area contributed by atoms with Crippen molar-refractivity contribution in [3.05, 3.63) is 45.5 Å². The van der Waals surface area contributed by atoms with Gasteiger partial charge in [0.25, 0.3) is 0 Å². The summed E-state index contributed by atoms with van der Waals surface area (Å²) in [5.41, 5.74) is 0.326. The number of halogens is 3. The van der Waals surface area contributed by atoms with Gasteiger partial charge in [0, 0.05) is 16.5 Å². The summed E-state index contributed by atoms with van der Waals surface area (Å²) in [6.45, 7) is 3.93. The molecule has 2 aromatic rings. The minimum Gasteiger partial charge on any atom is -0.337 e. The van der Waals surface area contributed by atoms with Crippen molar-refractivity contribution in [3.8, 4) is 0 Å². The fourth-order valence-corrected chi connectivity index (χ4v) is 2.13. The van der Waals surface area contributed by atoms with Crippen LogP contribution in [0.25, 0.3) is 0 Å². The molecule has 1 heterocycles. The standard InChI is InChI=1S/C13H12BrClFN3/c1-7(2)13-17-10(15)6-11(19-13)18-12-8(14)4-3-5-9(12)16/h3-7H,1-2H3,(H,17,18,19). The van der Waals surface area contributed by atoms with Gasteiger partial charge in [0.2, 0.25) is 0 Å². The molecule has 0 radical (unpaired) electrons. The fourth-order valence-electron chi connectivity index (χ4n) is 1.50. The van der Waals surface area contributed by atoms with Gasteiger partial charge in [0.05, 0.1) is 5.69 Å². The van der Waals surface area contributed by atoms with Gasteiger partial charge in [-0.2, -0.15) is 0 Å². The molecule has 0 unspecified atom stereocenters. The van der Waals surface area contributed by atoms with Gasteiger partial charge < -0.3 is 5.32 Å². The van der Waals surface area contributed by atoms with Crippen molar-refractivity contribution in [1.29, 1.82) is 0 Å². The van der Waals surface area contributed by atoms with E-state index in [1.54, 1.807) is 18.2 Å². The molecule has 0 aliphatic rings. The van der Waals surface area contributed by atoms with Gasteiger partial charge in [0.1, 0.15) is 22.6 Å². The maximum atomic E-state index is 13.7. The number of benzene rings is 1. The zero-order valence-corrected chi connectivity index (χ0v) is 12.8. The van der Waals surface area contributed by atoms with Crippen LogP contribution in [0.3, 0.4) is 0 Å². The van der Waals surface area contributed by atoms with Crippen LogP contribution in [-0.2, 0) is 0 Å². The Morgan fingerprint density at radius 3 is 2.68 bits per heavy atom. The summed E-state index contributed by atoms with van der Waals surface area (Å²) in [6.07, 6.45) is 0. The number of nitrogens with zero attached hydrogens (tertiary/aromatic N) is 2. The second-order valence-electron chi connectivity index (χ2n) is 4.31. The summed E-state index contributed by atoms with van der Waals surface area (Å²) in [6, 6.07) is 6.31. The van der Waals surface area contributed by atoms with Gasteiger partial charge in [0.15, 0.2) is 0 Å². The van der Waals surface area contributed by atoms with Crippen LogP contribution in [0.15, 0.2) is 28.7 Å². The minimum atomic E-state index is -0.366. The van der Waals surface area contributed by atoms with Crippen LogP contribution in [-0.4, -0.2) is 9.97 Å². The average molecular weight is 345 g/mol. The average Bonchev–Trinajstić information content (AvgIpc) is 2.33. The summed E-state index contributed by atoms with van der Waals surface area (Å²) >= 11 is 9.23. The van der Waals surface area contributed by atoms with Crippen molar-refractivity contribution in [2.45, 2.75) is 19.8 Å². The molecule has 1 N–H and O–H groups in total. The zero-order valence-electron chi connectivity index (χ0n) is 10.4. The first kappa shape index (κ1) is 14.2. The Balaban J connectivity index is 2.38. The lowest BCUT2D eigenvalue weighted by molar-refractivity contribution is 0.631. The summed E-state index contributed by atoms with van der Waals surface area (Å²) in [5, 5.41) is 3.25. The molecule has 6 heteroatoms. The molecule has 0 aliphatic heterocycles. The van der Waals surface area contributed by atoms with E-state index in [1.165, 1.54) is 6.07 Å². The van der Waals surface area contributed by atoms with Gasteiger partial charge in [-0.1, -0.05) is 31.5 Å². The van der Waals surface area contributed by atoms with Crippen LogP contribution in [0.2, 0.25) is 5.15 Å². The summed E-state index contributed by atoms with van der Waals surface area (Å²) in [5.74, 6) is 0.857. The molecule has 0 spiro atoms. The number of para-hydroxylation sites is 1. The normalized spacial score (nSPS) is 10.8. The molecule has 1 aromatic carbocycles. The second-order valence-corrected chi connectivity index (χ2v) is 5.55. The van der Waals surface area contributed by atoms with E-state index in [2.05, 4.69) is 31.2 Å². The van der Waals surface area contributed by atoms with E-state index in [4.69, 9.17) is 11.6 Å². The predicted molar refractivity (Wildman–Crippen MR) is 78.5 cm³/mol. The fraction of sp³-hybridized carbons (Fsp3) is 0.231. The molecular weight excluding hydrogens is 333 g/mol. The monoisotopic (exact) mass is 343 g/mol. The van der Waals surface area contributed by atoms with E-state index in [1.807, 2.05) is 13.8 Å². The predicted octanol–water partition coefficient (Wildman–Crippen LogP) is 4.90. The van der Waals surface area contributed by atoms with Gasteiger partial charge >= 0.3 is 0 Å². The van der Waals surface area contributed by atoms with Crippen molar-refractivity contribution in [2.75, 3.05) is 5.32 Å². The second kappa shape index (κ2) is 5.84. The SMILES string of the molecule is CC(C)c1nc(Cl)cc(Nc2c(F)cccc2Br)n1. The summed E-state index contributed by atoms with van der Waals surface area (Å²) < 4.78 is 14.3. The van der Waals surface area contributed by atoms with Crippen molar-refractivity contribution in [1.82, 2.24) is 9.97 Å². The van der Waals surface area contributed by atoms with Gasteiger partial charge in [-0.15, -0.1) is 0 Å². The Kier molecular flexibility index (Phi) is 4.37. The Bertz CT molecular complexity index is 584. The van der Waals surface area contributed by atoms with Crippen molar-refractivity contribution < 1.29 is 4.39 Å². The molecule has 0 amide bonds. The molecule has 0 fully saturated rings. The molecule has 0 saturated heterocycles. The Morgan fingerprint density at radius 2 is 2.05 bits per heavy atom. The highest BCUT2D eigenvalue weighted by atomic mass is 79.9. The number of nitrogens with one attached hydrogen (secondary N) is 1. The van der Waals surface area contributed by atoms with Gasteiger partial charge in [-0.25, -0.2) is 14.4 Å². The highest BCUT2D eigenvalue weighted by Crippen LogP contribution is 2.28. The molecule has 0 saturated carbocycles. The number of aromatic nitrogens is 2. The van der Waals surface area contributed by atoms with Crippen LogP contribution >= 0.6 is 27.5 Å². The third-order valence-electron chi connectivity index (χ3n) is 2.44. The lowest BCUT2D eigenvalue weighted by Crippen LogP contribution is -2.03. The first-order valence-corrected chi connectivity index (χ1v) is 6.90. The Morgan fingerprint density at radius 1 is 1.32 bits per heavy atom. The zero-order chi connectivity index (χ0) is 14.0. The first-order chi connectivity index (χ1) is 8.97. The topological polar surface area (TPSA) is 37.8 Å². The van der Waals surface area contributed by atoms with Crippen molar-refractivity contribution in [3.63, 3.8) is 0 Å². The highest BCUT2D eigenvalue weighted by molar-refractivity contribution is 9.10. The van der Waals surface area contributed by atoms with Crippen LogP contribution in [0.4, 0.5) is 15.9 Å². The smallest absolute Gasteiger partial charge is 0.147 e. The molecule has 0 bridgehead atoms. The first-order valence-electron chi connectivity index (χ1n) is 5.73. The lowest BCUT2D eigenvalue weighted by atomic mass is 10.2. The Labute approximate surface area is 124 Å². The van der Waals surface area contributed by atoms with Crippen LogP contribution in [0.5, 0.6) is 0 Å². The van der Waals surface area contributed by atoms with Gasteiger partial charge in [-0.05, 0) is 28.1 Å². The molecule has 0 atom stereocenters. The van der Waals surface area contributed by atoms with E-state index in [0.717, 1.165) is 0 Å². The molecule has 2 rings (SSSR count). The van der Waals surface area contributed by atoms with E-state index < -0.39 is 0 Å². The molecule has 3 nitrogen and oxygen atoms in total. The Hall–Kier alpha value is -1.20. The highest BCUT2D eigenvalue weighted by Gasteiger charge is 2.11. The molecule has 0 aliphatic carbocycles. The van der Waals surface area contributed by atoms with Crippen molar-refractivity contribution >= 4 is 39.0 Å². The summed E-state index contributed by atoms with van der Waals surface area (Å²) in [4.78, 5) is 8.45. The van der Waals surface area contributed by atoms with Crippen LogP contribution in [0.1, 0.15) is 25.6 Å².